The third kappa shape index (κ3) is 4.44. The number of hydrogen-bond donors (Lipinski definition) is 1. The molecule has 0 spiro atoms. The molecule has 2 aromatic rings. The van der Waals surface area contributed by atoms with E-state index in [1.807, 2.05) is 6.07 Å². The van der Waals surface area contributed by atoms with Crippen LogP contribution in [0.25, 0.3) is 5.69 Å². The van der Waals surface area contributed by atoms with E-state index in [2.05, 4.69) is 10.4 Å². The molecule has 1 aliphatic rings. The highest BCUT2D eigenvalue weighted by molar-refractivity contribution is 7.88. The Balaban J connectivity index is 1.60. The van der Waals surface area contributed by atoms with E-state index in [-0.39, 0.29) is 25.1 Å². The maximum Gasteiger partial charge on any atom is 0.251 e. The van der Waals surface area contributed by atoms with Gasteiger partial charge >= 0.3 is 0 Å². The van der Waals surface area contributed by atoms with Crippen LogP contribution in [0.3, 0.4) is 0 Å². The number of sulfonamides is 1. The fourth-order valence-electron chi connectivity index (χ4n) is 2.64. The molecule has 1 aromatic heterocycles. The van der Waals surface area contributed by atoms with Crippen LogP contribution in [0, 0.1) is 0 Å². The third-order valence-electron chi connectivity index (χ3n) is 3.94. The Kier molecular flexibility index (Phi) is 5.16. The molecule has 25 heavy (non-hydrogen) atoms. The number of carbonyl (C=O) groups is 1. The van der Waals surface area contributed by atoms with Crippen molar-refractivity contribution in [2.45, 2.75) is 6.10 Å². The van der Waals surface area contributed by atoms with Gasteiger partial charge < -0.3 is 10.1 Å². The number of ether oxygens (including phenoxy) is 1. The number of amides is 1. The molecule has 0 radical (unpaired) electrons. The predicted molar refractivity (Wildman–Crippen MR) is 92.1 cm³/mol. The highest BCUT2D eigenvalue weighted by Gasteiger charge is 2.26. The number of aromatic nitrogens is 2. The summed E-state index contributed by atoms with van der Waals surface area (Å²) in [6.45, 7) is 1.15. The monoisotopic (exact) mass is 364 g/mol. The second kappa shape index (κ2) is 7.34. The molecule has 1 unspecified atom stereocenters. The zero-order chi connectivity index (χ0) is 17.9. The van der Waals surface area contributed by atoms with Gasteiger partial charge in [0.15, 0.2) is 0 Å². The van der Waals surface area contributed by atoms with Crippen LogP contribution in [0.2, 0.25) is 0 Å². The molecule has 9 heteroatoms. The molecule has 8 nitrogen and oxygen atoms in total. The first-order valence-corrected chi connectivity index (χ1v) is 9.73. The number of carbonyl (C=O) groups excluding carboxylic acids is 1. The highest BCUT2D eigenvalue weighted by atomic mass is 32.2. The molecular weight excluding hydrogens is 344 g/mol. The van der Waals surface area contributed by atoms with Gasteiger partial charge in [0.05, 0.1) is 24.7 Å². The Morgan fingerprint density at radius 1 is 1.40 bits per heavy atom. The Labute approximate surface area is 146 Å². The summed E-state index contributed by atoms with van der Waals surface area (Å²) in [5.74, 6) is -0.242. The zero-order valence-electron chi connectivity index (χ0n) is 13.8. The molecule has 1 N–H and O–H groups in total. The minimum atomic E-state index is -3.25. The minimum Gasteiger partial charge on any atom is -0.374 e. The summed E-state index contributed by atoms with van der Waals surface area (Å²) in [5, 5.41) is 6.94. The van der Waals surface area contributed by atoms with Gasteiger partial charge in [0.1, 0.15) is 0 Å². The normalized spacial score (nSPS) is 18.8. The van der Waals surface area contributed by atoms with Crippen LogP contribution in [-0.2, 0) is 14.8 Å². The molecule has 1 saturated heterocycles. The second-order valence-corrected chi connectivity index (χ2v) is 7.81. The Morgan fingerprint density at radius 3 is 2.96 bits per heavy atom. The van der Waals surface area contributed by atoms with Gasteiger partial charge in [-0.3, -0.25) is 4.79 Å². The third-order valence-corrected chi connectivity index (χ3v) is 5.21. The molecule has 1 fully saturated rings. The van der Waals surface area contributed by atoms with Crippen LogP contribution in [0.15, 0.2) is 42.7 Å². The summed E-state index contributed by atoms with van der Waals surface area (Å²) >= 11 is 0. The van der Waals surface area contributed by atoms with Crippen molar-refractivity contribution < 1.29 is 17.9 Å². The quantitative estimate of drug-likeness (QED) is 0.822. The average Bonchev–Trinajstić information content (AvgIpc) is 3.14. The molecule has 2 heterocycles. The lowest BCUT2D eigenvalue weighted by atomic mass is 10.2. The van der Waals surface area contributed by atoms with Gasteiger partial charge in [-0.15, -0.1) is 0 Å². The summed E-state index contributed by atoms with van der Waals surface area (Å²) in [6, 6.07) is 8.91. The van der Waals surface area contributed by atoms with E-state index in [1.54, 1.807) is 41.3 Å². The van der Waals surface area contributed by atoms with Crippen molar-refractivity contribution in [3.63, 3.8) is 0 Å². The molecule has 0 bridgehead atoms. The van der Waals surface area contributed by atoms with Gasteiger partial charge in [-0.05, 0) is 24.3 Å². The first-order valence-electron chi connectivity index (χ1n) is 7.88. The standard InChI is InChI=1S/C16H20N4O4S/c1-25(22,23)19-8-9-24-15(12-19)11-17-16(21)13-4-2-5-14(10-13)20-7-3-6-18-20/h2-7,10,15H,8-9,11-12H2,1H3,(H,17,21). The van der Waals surface area contributed by atoms with Crippen LogP contribution < -0.4 is 5.32 Å². The summed E-state index contributed by atoms with van der Waals surface area (Å²) in [6.07, 6.45) is 4.28. The van der Waals surface area contributed by atoms with Gasteiger partial charge in [-0.25, -0.2) is 13.1 Å². The Hall–Kier alpha value is -2.23. The maximum atomic E-state index is 12.4. The number of benzene rings is 1. The highest BCUT2D eigenvalue weighted by Crippen LogP contribution is 2.11. The number of rotatable bonds is 5. The fraction of sp³-hybridized carbons (Fsp3) is 0.375. The lowest BCUT2D eigenvalue weighted by Gasteiger charge is -2.31. The number of nitrogens with one attached hydrogen (secondary N) is 1. The SMILES string of the molecule is CS(=O)(=O)N1CCOC(CNC(=O)c2cccc(-n3cccn3)c2)C1. The lowest BCUT2D eigenvalue weighted by Crippen LogP contribution is -2.49. The molecule has 1 aromatic carbocycles. The number of hydrogen-bond acceptors (Lipinski definition) is 5. The predicted octanol–water partition coefficient (Wildman–Crippen LogP) is 0.263. The zero-order valence-corrected chi connectivity index (χ0v) is 14.6. The van der Waals surface area contributed by atoms with Gasteiger partial charge in [-0.2, -0.15) is 9.40 Å². The van der Waals surface area contributed by atoms with Gasteiger partial charge in [0.2, 0.25) is 10.0 Å². The van der Waals surface area contributed by atoms with Crippen molar-refractivity contribution >= 4 is 15.9 Å². The number of morpholine rings is 1. The van der Waals surface area contributed by atoms with Gasteiger partial charge in [-0.1, -0.05) is 6.07 Å². The van der Waals surface area contributed by atoms with Gasteiger partial charge in [0.25, 0.3) is 5.91 Å². The van der Waals surface area contributed by atoms with E-state index in [9.17, 15) is 13.2 Å². The maximum absolute atomic E-state index is 12.4. The van der Waals surface area contributed by atoms with Crippen LogP contribution in [0.1, 0.15) is 10.4 Å². The van der Waals surface area contributed by atoms with Crippen molar-refractivity contribution in [3.8, 4) is 5.69 Å². The van der Waals surface area contributed by atoms with Crippen molar-refractivity contribution in [1.29, 1.82) is 0 Å². The van der Waals surface area contributed by atoms with Crippen molar-refractivity contribution in [1.82, 2.24) is 19.4 Å². The van der Waals surface area contributed by atoms with E-state index in [4.69, 9.17) is 4.74 Å². The fourth-order valence-corrected chi connectivity index (χ4v) is 3.48. The first kappa shape index (κ1) is 17.6. The largest absolute Gasteiger partial charge is 0.374 e. The molecular formula is C16H20N4O4S. The van der Waals surface area contributed by atoms with E-state index >= 15 is 0 Å². The summed E-state index contributed by atoms with van der Waals surface area (Å²) < 4.78 is 31.8. The smallest absolute Gasteiger partial charge is 0.251 e. The minimum absolute atomic E-state index is 0.242. The molecule has 3 rings (SSSR count). The molecule has 1 amide bonds. The van der Waals surface area contributed by atoms with Crippen molar-refractivity contribution in [3.05, 3.63) is 48.3 Å². The van der Waals surface area contributed by atoms with Crippen LogP contribution in [0.4, 0.5) is 0 Å². The van der Waals surface area contributed by atoms with Crippen molar-refractivity contribution in [2.75, 3.05) is 32.5 Å². The molecule has 0 saturated carbocycles. The Bertz CT molecular complexity index is 836. The van der Waals surface area contributed by atoms with Crippen molar-refractivity contribution in [2.24, 2.45) is 0 Å². The van der Waals surface area contributed by atoms with Gasteiger partial charge in [0, 0.05) is 37.6 Å². The van der Waals surface area contributed by atoms with E-state index < -0.39 is 10.0 Å². The first-order chi connectivity index (χ1) is 11.9. The molecule has 134 valence electrons. The van der Waals surface area contributed by atoms with Crippen LogP contribution >= 0.6 is 0 Å². The van der Waals surface area contributed by atoms with Crippen LogP contribution in [-0.4, -0.2) is 67.0 Å². The molecule has 1 atom stereocenters. The summed E-state index contributed by atoms with van der Waals surface area (Å²) in [7, 11) is -3.25. The average molecular weight is 364 g/mol. The molecule has 0 aliphatic carbocycles. The second-order valence-electron chi connectivity index (χ2n) is 5.82. The topological polar surface area (TPSA) is 93.5 Å². The molecule has 1 aliphatic heterocycles. The Morgan fingerprint density at radius 2 is 2.24 bits per heavy atom. The van der Waals surface area contributed by atoms with E-state index in [0.717, 1.165) is 5.69 Å². The number of nitrogens with zero attached hydrogens (tertiary/aromatic N) is 3. The summed E-state index contributed by atoms with van der Waals surface area (Å²) in [5.41, 5.74) is 1.29. The van der Waals surface area contributed by atoms with Crippen LogP contribution in [0.5, 0.6) is 0 Å². The lowest BCUT2D eigenvalue weighted by molar-refractivity contribution is 0.000438. The van der Waals surface area contributed by atoms with E-state index in [0.29, 0.717) is 18.7 Å². The summed E-state index contributed by atoms with van der Waals surface area (Å²) in [4.78, 5) is 12.4. The van der Waals surface area contributed by atoms with E-state index in [1.165, 1.54) is 10.6 Å².